The standard InChI is InChI=1S/C17H23N3/c1-12(2)18-16-13(3)19-17(20-10-6-7-11-20)15-9-5-4-8-14(15)16/h4-5,8-9,12,18H,6-7,10-11H2,1-3H3. The third-order valence-corrected chi connectivity index (χ3v) is 3.91. The maximum Gasteiger partial charge on any atom is 0.136 e. The third-order valence-electron chi connectivity index (χ3n) is 3.91. The molecule has 0 saturated carbocycles. The molecule has 1 aliphatic rings. The first-order chi connectivity index (χ1) is 9.66. The van der Waals surface area contributed by atoms with Gasteiger partial charge in [0.1, 0.15) is 5.82 Å². The fourth-order valence-electron chi connectivity index (χ4n) is 3.01. The van der Waals surface area contributed by atoms with Crippen LogP contribution in [0.4, 0.5) is 11.5 Å². The monoisotopic (exact) mass is 269 g/mol. The van der Waals surface area contributed by atoms with Crippen LogP contribution in [-0.4, -0.2) is 24.1 Å². The van der Waals surface area contributed by atoms with Gasteiger partial charge in [-0.3, -0.25) is 0 Å². The van der Waals surface area contributed by atoms with Gasteiger partial charge in [-0.05, 0) is 33.6 Å². The Morgan fingerprint density at radius 1 is 1.10 bits per heavy atom. The van der Waals surface area contributed by atoms with E-state index in [-0.39, 0.29) is 0 Å². The van der Waals surface area contributed by atoms with E-state index in [1.165, 1.54) is 29.3 Å². The number of fused-ring (bicyclic) bond motifs is 1. The summed E-state index contributed by atoms with van der Waals surface area (Å²) < 4.78 is 0. The van der Waals surface area contributed by atoms with E-state index in [2.05, 4.69) is 55.3 Å². The van der Waals surface area contributed by atoms with E-state index in [0.717, 1.165) is 24.6 Å². The molecule has 3 nitrogen and oxygen atoms in total. The second-order valence-electron chi connectivity index (χ2n) is 5.93. The molecule has 0 unspecified atom stereocenters. The topological polar surface area (TPSA) is 28.2 Å². The van der Waals surface area contributed by atoms with Gasteiger partial charge in [-0.25, -0.2) is 4.98 Å². The molecule has 0 atom stereocenters. The summed E-state index contributed by atoms with van der Waals surface area (Å²) in [5.41, 5.74) is 2.28. The zero-order chi connectivity index (χ0) is 14.1. The summed E-state index contributed by atoms with van der Waals surface area (Å²) in [6.07, 6.45) is 2.56. The Bertz CT molecular complexity index is 613. The van der Waals surface area contributed by atoms with E-state index in [1.54, 1.807) is 0 Å². The fraction of sp³-hybridized carbons (Fsp3) is 0.471. The first-order valence-electron chi connectivity index (χ1n) is 7.57. The second kappa shape index (κ2) is 5.31. The molecule has 1 fully saturated rings. The first kappa shape index (κ1) is 13.2. The predicted octanol–water partition coefficient (Wildman–Crippen LogP) is 3.96. The van der Waals surface area contributed by atoms with Crippen LogP contribution in [0, 0.1) is 6.92 Å². The summed E-state index contributed by atoms with van der Waals surface area (Å²) in [6.45, 7) is 8.71. The van der Waals surface area contributed by atoms with Crippen LogP contribution < -0.4 is 10.2 Å². The minimum atomic E-state index is 0.413. The largest absolute Gasteiger partial charge is 0.381 e. The van der Waals surface area contributed by atoms with Crippen molar-refractivity contribution in [2.24, 2.45) is 0 Å². The Balaban J connectivity index is 2.18. The Morgan fingerprint density at radius 2 is 1.75 bits per heavy atom. The van der Waals surface area contributed by atoms with Crippen LogP contribution in [-0.2, 0) is 0 Å². The van der Waals surface area contributed by atoms with Gasteiger partial charge in [-0.2, -0.15) is 0 Å². The molecule has 1 aliphatic heterocycles. The molecule has 2 aromatic rings. The number of nitrogens with one attached hydrogen (secondary N) is 1. The summed E-state index contributed by atoms with van der Waals surface area (Å²) in [5, 5.41) is 6.11. The van der Waals surface area contributed by atoms with E-state index < -0.39 is 0 Å². The van der Waals surface area contributed by atoms with Crippen LogP contribution in [0.15, 0.2) is 24.3 Å². The van der Waals surface area contributed by atoms with E-state index in [0.29, 0.717) is 6.04 Å². The smallest absolute Gasteiger partial charge is 0.136 e. The highest BCUT2D eigenvalue weighted by Gasteiger charge is 2.19. The Kier molecular flexibility index (Phi) is 3.51. The predicted molar refractivity (Wildman–Crippen MR) is 86.7 cm³/mol. The number of pyridine rings is 1. The van der Waals surface area contributed by atoms with Crippen LogP contribution in [0.3, 0.4) is 0 Å². The molecule has 0 aliphatic carbocycles. The van der Waals surface area contributed by atoms with Crippen molar-refractivity contribution in [1.29, 1.82) is 0 Å². The van der Waals surface area contributed by atoms with Gasteiger partial charge in [0, 0.05) is 29.9 Å². The van der Waals surface area contributed by atoms with Gasteiger partial charge in [-0.1, -0.05) is 24.3 Å². The van der Waals surface area contributed by atoms with Crippen molar-refractivity contribution in [3.63, 3.8) is 0 Å². The average Bonchev–Trinajstić information content (AvgIpc) is 2.95. The van der Waals surface area contributed by atoms with Gasteiger partial charge < -0.3 is 10.2 Å². The zero-order valence-electron chi connectivity index (χ0n) is 12.6. The lowest BCUT2D eigenvalue weighted by molar-refractivity contribution is 0.892. The fourth-order valence-corrected chi connectivity index (χ4v) is 3.01. The molecular formula is C17H23N3. The maximum absolute atomic E-state index is 4.90. The molecule has 1 aromatic heterocycles. The molecule has 1 N–H and O–H groups in total. The van der Waals surface area contributed by atoms with Crippen LogP contribution in [0.1, 0.15) is 32.4 Å². The summed E-state index contributed by atoms with van der Waals surface area (Å²) in [7, 11) is 0. The number of aromatic nitrogens is 1. The van der Waals surface area contributed by atoms with Crippen molar-refractivity contribution in [1.82, 2.24) is 4.98 Å². The summed E-state index contributed by atoms with van der Waals surface area (Å²) in [5.74, 6) is 1.16. The normalized spacial score (nSPS) is 15.3. The summed E-state index contributed by atoms with van der Waals surface area (Å²) >= 11 is 0. The Hall–Kier alpha value is -1.77. The van der Waals surface area contributed by atoms with Gasteiger partial charge in [0.25, 0.3) is 0 Å². The van der Waals surface area contributed by atoms with Crippen molar-refractivity contribution in [3.05, 3.63) is 30.0 Å². The number of nitrogens with zero attached hydrogens (tertiary/aromatic N) is 2. The SMILES string of the molecule is Cc1nc(N2CCCC2)c2ccccc2c1NC(C)C. The number of aryl methyl sites for hydroxylation is 1. The zero-order valence-corrected chi connectivity index (χ0v) is 12.6. The number of hydrogen-bond acceptors (Lipinski definition) is 3. The third kappa shape index (κ3) is 2.33. The second-order valence-corrected chi connectivity index (χ2v) is 5.93. The highest BCUT2D eigenvalue weighted by atomic mass is 15.2. The van der Waals surface area contributed by atoms with E-state index in [4.69, 9.17) is 4.98 Å². The lowest BCUT2D eigenvalue weighted by Crippen LogP contribution is -2.20. The highest BCUT2D eigenvalue weighted by Crippen LogP contribution is 2.34. The molecule has 0 amide bonds. The van der Waals surface area contributed by atoms with Crippen LogP contribution in [0.25, 0.3) is 10.8 Å². The number of anilines is 2. The number of hydrogen-bond donors (Lipinski definition) is 1. The molecule has 106 valence electrons. The van der Waals surface area contributed by atoms with Crippen LogP contribution >= 0.6 is 0 Å². The maximum atomic E-state index is 4.90. The Morgan fingerprint density at radius 3 is 2.40 bits per heavy atom. The van der Waals surface area contributed by atoms with Gasteiger partial charge in [0.05, 0.1) is 11.4 Å². The molecule has 20 heavy (non-hydrogen) atoms. The lowest BCUT2D eigenvalue weighted by Gasteiger charge is -2.22. The summed E-state index contributed by atoms with van der Waals surface area (Å²) in [6, 6.07) is 9.03. The number of rotatable bonds is 3. The van der Waals surface area contributed by atoms with Gasteiger partial charge in [0.2, 0.25) is 0 Å². The van der Waals surface area contributed by atoms with Crippen molar-refractivity contribution in [3.8, 4) is 0 Å². The average molecular weight is 269 g/mol. The van der Waals surface area contributed by atoms with Gasteiger partial charge >= 0.3 is 0 Å². The quantitative estimate of drug-likeness (QED) is 0.914. The lowest BCUT2D eigenvalue weighted by atomic mass is 10.1. The van der Waals surface area contributed by atoms with Crippen LogP contribution in [0.2, 0.25) is 0 Å². The van der Waals surface area contributed by atoms with Gasteiger partial charge in [0.15, 0.2) is 0 Å². The van der Waals surface area contributed by atoms with Crippen LogP contribution in [0.5, 0.6) is 0 Å². The molecule has 1 aromatic carbocycles. The summed E-state index contributed by atoms with van der Waals surface area (Å²) in [4.78, 5) is 7.32. The van der Waals surface area contributed by atoms with Crippen molar-refractivity contribution in [2.75, 3.05) is 23.3 Å². The molecule has 0 spiro atoms. The van der Waals surface area contributed by atoms with E-state index in [9.17, 15) is 0 Å². The van der Waals surface area contributed by atoms with E-state index in [1.807, 2.05) is 0 Å². The molecule has 3 heteroatoms. The highest BCUT2D eigenvalue weighted by molar-refractivity contribution is 6.01. The Labute approximate surface area is 121 Å². The molecule has 0 radical (unpaired) electrons. The molecule has 3 rings (SSSR count). The molecule has 0 bridgehead atoms. The van der Waals surface area contributed by atoms with Crippen molar-refractivity contribution in [2.45, 2.75) is 39.7 Å². The minimum absolute atomic E-state index is 0.413. The van der Waals surface area contributed by atoms with Crippen molar-refractivity contribution < 1.29 is 0 Å². The molecule has 2 heterocycles. The van der Waals surface area contributed by atoms with Gasteiger partial charge in [-0.15, -0.1) is 0 Å². The molecular weight excluding hydrogens is 246 g/mol. The van der Waals surface area contributed by atoms with E-state index >= 15 is 0 Å². The minimum Gasteiger partial charge on any atom is -0.381 e. The number of benzene rings is 1. The first-order valence-corrected chi connectivity index (χ1v) is 7.57. The molecule has 1 saturated heterocycles. The van der Waals surface area contributed by atoms with Crippen molar-refractivity contribution >= 4 is 22.3 Å².